The number of benzene rings is 1. The van der Waals surface area contributed by atoms with Crippen LogP contribution >= 0.6 is 0 Å². The summed E-state index contributed by atoms with van der Waals surface area (Å²) in [7, 11) is 0. The maximum absolute atomic E-state index is 12.1. The van der Waals surface area contributed by atoms with Crippen LogP contribution in [0.3, 0.4) is 0 Å². The molecular formula is C13H15N3O. The Bertz CT molecular complexity index is 449. The summed E-state index contributed by atoms with van der Waals surface area (Å²) >= 11 is 0. The fourth-order valence-corrected chi connectivity index (χ4v) is 2.64. The molecule has 0 aliphatic carbocycles. The van der Waals surface area contributed by atoms with E-state index in [2.05, 4.69) is 10.3 Å². The molecular weight excluding hydrogens is 214 g/mol. The lowest BCUT2D eigenvalue weighted by molar-refractivity contribution is -0.122. The molecule has 2 heterocycles. The first kappa shape index (κ1) is 10.5. The Morgan fingerprint density at radius 1 is 1.18 bits per heavy atom. The number of hydrogen-bond acceptors (Lipinski definition) is 3. The van der Waals surface area contributed by atoms with Crippen molar-refractivity contribution in [2.24, 2.45) is 4.99 Å². The number of piperidine rings is 1. The highest BCUT2D eigenvalue weighted by Crippen LogP contribution is 2.34. The van der Waals surface area contributed by atoms with Gasteiger partial charge in [-0.25, -0.2) is 4.99 Å². The molecule has 1 saturated heterocycles. The van der Waals surface area contributed by atoms with Gasteiger partial charge in [0.1, 0.15) is 5.54 Å². The first-order valence-corrected chi connectivity index (χ1v) is 5.97. The molecule has 0 unspecified atom stereocenters. The van der Waals surface area contributed by atoms with Gasteiger partial charge in [0.25, 0.3) is 5.91 Å². The number of nitrogens with one attached hydrogen (secondary N) is 1. The molecule has 3 rings (SSSR count). The van der Waals surface area contributed by atoms with Crippen molar-refractivity contribution in [2.75, 3.05) is 18.0 Å². The molecule has 1 aromatic rings. The molecule has 2 aliphatic rings. The van der Waals surface area contributed by atoms with Crippen LogP contribution in [-0.4, -0.2) is 30.9 Å². The number of carbonyl (C=O) groups excluding carboxylic acids is 1. The molecule has 0 saturated carbocycles. The molecule has 1 fully saturated rings. The summed E-state index contributed by atoms with van der Waals surface area (Å²) in [5, 5.41) is 3.29. The minimum atomic E-state index is -0.438. The van der Waals surface area contributed by atoms with E-state index in [9.17, 15) is 4.79 Å². The fraction of sp³-hybridized carbons (Fsp3) is 0.385. The number of aliphatic imine (C=N–C) groups is 1. The van der Waals surface area contributed by atoms with Crippen LogP contribution in [0.4, 0.5) is 5.69 Å². The van der Waals surface area contributed by atoms with Gasteiger partial charge in [-0.15, -0.1) is 0 Å². The van der Waals surface area contributed by atoms with Crippen molar-refractivity contribution in [2.45, 2.75) is 18.4 Å². The van der Waals surface area contributed by atoms with E-state index in [1.54, 1.807) is 6.34 Å². The predicted molar refractivity (Wildman–Crippen MR) is 67.3 cm³/mol. The lowest BCUT2D eigenvalue weighted by Gasteiger charge is -2.39. The molecule has 4 heteroatoms. The van der Waals surface area contributed by atoms with Crippen molar-refractivity contribution < 1.29 is 4.79 Å². The van der Waals surface area contributed by atoms with E-state index in [1.165, 1.54) is 0 Å². The number of anilines is 1. The van der Waals surface area contributed by atoms with Gasteiger partial charge in [-0.1, -0.05) is 18.2 Å². The van der Waals surface area contributed by atoms with E-state index in [0.29, 0.717) is 0 Å². The molecule has 1 amide bonds. The molecule has 88 valence electrons. The molecule has 1 N–H and O–H groups in total. The van der Waals surface area contributed by atoms with E-state index in [0.717, 1.165) is 31.6 Å². The standard InChI is InChI=1S/C13H15N3O/c17-12-13(6-8-14-9-7-13)16(10-15-12)11-4-2-1-3-5-11/h1-5,10,14H,6-9H2. The Morgan fingerprint density at radius 2 is 1.88 bits per heavy atom. The van der Waals surface area contributed by atoms with Crippen molar-refractivity contribution in [3.63, 3.8) is 0 Å². The Kier molecular flexibility index (Phi) is 2.44. The Hall–Kier alpha value is -1.68. The number of hydrogen-bond donors (Lipinski definition) is 1. The van der Waals surface area contributed by atoms with Gasteiger partial charge in [0, 0.05) is 5.69 Å². The van der Waals surface area contributed by atoms with Gasteiger partial charge < -0.3 is 10.2 Å². The van der Waals surface area contributed by atoms with Crippen LogP contribution in [0.2, 0.25) is 0 Å². The first-order valence-electron chi connectivity index (χ1n) is 5.97. The fourth-order valence-electron chi connectivity index (χ4n) is 2.64. The molecule has 0 aromatic heterocycles. The van der Waals surface area contributed by atoms with Crippen LogP contribution in [-0.2, 0) is 4.79 Å². The minimum Gasteiger partial charge on any atom is -0.317 e. The van der Waals surface area contributed by atoms with Crippen LogP contribution in [0.1, 0.15) is 12.8 Å². The smallest absolute Gasteiger partial charge is 0.273 e. The van der Waals surface area contributed by atoms with Gasteiger partial charge in [-0.05, 0) is 38.1 Å². The van der Waals surface area contributed by atoms with Crippen molar-refractivity contribution in [1.29, 1.82) is 0 Å². The van der Waals surface area contributed by atoms with Gasteiger partial charge >= 0.3 is 0 Å². The molecule has 0 bridgehead atoms. The summed E-state index contributed by atoms with van der Waals surface area (Å²) in [5.74, 6) is 0.00264. The molecule has 0 radical (unpaired) electrons. The lowest BCUT2D eigenvalue weighted by Crippen LogP contribution is -2.55. The zero-order valence-corrected chi connectivity index (χ0v) is 9.60. The van der Waals surface area contributed by atoms with Gasteiger partial charge in [0.2, 0.25) is 0 Å². The van der Waals surface area contributed by atoms with Crippen LogP contribution in [0, 0.1) is 0 Å². The SMILES string of the molecule is O=C1N=CN(c2ccccc2)C12CCNCC2. The predicted octanol–water partition coefficient (Wildman–Crippen LogP) is 1.18. The van der Waals surface area contributed by atoms with Crippen LogP contribution < -0.4 is 10.2 Å². The van der Waals surface area contributed by atoms with Crippen molar-refractivity contribution in [3.8, 4) is 0 Å². The summed E-state index contributed by atoms with van der Waals surface area (Å²) in [6.45, 7) is 1.75. The van der Waals surface area contributed by atoms with Gasteiger partial charge in [0.05, 0.1) is 6.34 Å². The number of amides is 1. The minimum absolute atomic E-state index is 0.00264. The Morgan fingerprint density at radius 3 is 2.59 bits per heavy atom. The molecule has 17 heavy (non-hydrogen) atoms. The second kappa shape index (κ2) is 3.96. The molecule has 4 nitrogen and oxygen atoms in total. The normalized spacial score (nSPS) is 22.4. The molecule has 2 aliphatic heterocycles. The van der Waals surface area contributed by atoms with Crippen LogP contribution in [0.25, 0.3) is 0 Å². The highest BCUT2D eigenvalue weighted by Gasteiger charge is 2.47. The molecule has 1 spiro atoms. The third-order valence-corrected chi connectivity index (χ3v) is 3.61. The number of carbonyl (C=O) groups is 1. The van der Waals surface area contributed by atoms with Crippen LogP contribution in [0.15, 0.2) is 35.3 Å². The summed E-state index contributed by atoms with van der Waals surface area (Å²) < 4.78 is 0. The highest BCUT2D eigenvalue weighted by molar-refractivity contribution is 6.08. The first-order chi connectivity index (χ1) is 8.33. The monoisotopic (exact) mass is 229 g/mol. The van der Waals surface area contributed by atoms with Gasteiger partial charge in [-0.3, -0.25) is 4.79 Å². The van der Waals surface area contributed by atoms with E-state index >= 15 is 0 Å². The third-order valence-electron chi connectivity index (χ3n) is 3.61. The zero-order chi connectivity index (χ0) is 11.7. The van der Waals surface area contributed by atoms with Crippen molar-refractivity contribution in [1.82, 2.24) is 5.32 Å². The summed E-state index contributed by atoms with van der Waals surface area (Å²) in [6.07, 6.45) is 3.32. The van der Waals surface area contributed by atoms with E-state index < -0.39 is 5.54 Å². The third kappa shape index (κ3) is 1.56. The highest BCUT2D eigenvalue weighted by atomic mass is 16.2. The number of nitrogens with zero attached hydrogens (tertiary/aromatic N) is 2. The second-order valence-corrected chi connectivity index (χ2v) is 4.54. The topological polar surface area (TPSA) is 44.7 Å². The maximum Gasteiger partial charge on any atom is 0.273 e. The average molecular weight is 229 g/mol. The number of rotatable bonds is 1. The number of para-hydroxylation sites is 1. The second-order valence-electron chi connectivity index (χ2n) is 4.54. The van der Waals surface area contributed by atoms with Gasteiger partial charge in [-0.2, -0.15) is 0 Å². The average Bonchev–Trinajstić information content (AvgIpc) is 2.69. The van der Waals surface area contributed by atoms with Crippen molar-refractivity contribution >= 4 is 17.9 Å². The lowest BCUT2D eigenvalue weighted by atomic mass is 9.86. The quantitative estimate of drug-likeness (QED) is 0.786. The Labute approximate surface area is 100 Å². The maximum atomic E-state index is 12.1. The van der Waals surface area contributed by atoms with Gasteiger partial charge in [0.15, 0.2) is 0 Å². The molecule has 1 aromatic carbocycles. The summed E-state index contributed by atoms with van der Waals surface area (Å²) in [6, 6.07) is 10.00. The van der Waals surface area contributed by atoms with E-state index in [1.807, 2.05) is 35.2 Å². The van der Waals surface area contributed by atoms with E-state index in [4.69, 9.17) is 0 Å². The summed E-state index contributed by atoms with van der Waals surface area (Å²) in [5.41, 5.74) is 0.607. The van der Waals surface area contributed by atoms with Crippen molar-refractivity contribution in [3.05, 3.63) is 30.3 Å². The molecule has 0 atom stereocenters. The Balaban J connectivity index is 1.98. The largest absolute Gasteiger partial charge is 0.317 e. The zero-order valence-electron chi connectivity index (χ0n) is 9.60. The summed E-state index contributed by atoms with van der Waals surface area (Å²) in [4.78, 5) is 18.1. The van der Waals surface area contributed by atoms with Crippen LogP contribution in [0.5, 0.6) is 0 Å². The van der Waals surface area contributed by atoms with E-state index in [-0.39, 0.29) is 5.91 Å².